The number of rotatable bonds is 3. The van der Waals surface area contributed by atoms with Crippen molar-refractivity contribution >= 4 is 6.09 Å². The van der Waals surface area contributed by atoms with E-state index in [1.807, 2.05) is 25.7 Å². The summed E-state index contributed by atoms with van der Waals surface area (Å²) in [5, 5.41) is 0. The third-order valence-corrected chi connectivity index (χ3v) is 6.82. The van der Waals surface area contributed by atoms with Gasteiger partial charge in [0, 0.05) is 31.3 Å². The van der Waals surface area contributed by atoms with Crippen LogP contribution in [-0.2, 0) is 11.3 Å². The highest BCUT2D eigenvalue weighted by atomic mass is 19.1. The van der Waals surface area contributed by atoms with Crippen molar-refractivity contribution in [2.75, 3.05) is 13.1 Å². The Bertz CT molecular complexity index is 1040. The Morgan fingerprint density at radius 2 is 1.97 bits per heavy atom. The van der Waals surface area contributed by atoms with Gasteiger partial charge in [-0.1, -0.05) is 25.0 Å². The van der Waals surface area contributed by atoms with E-state index in [1.165, 1.54) is 18.5 Å². The van der Waals surface area contributed by atoms with Gasteiger partial charge in [-0.2, -0.15) is 0 Å². The van der Waals surface area contributed by atoms with Crippen molar-refractivity contribution < 1.29 is 13.9 Å². The molecule has 1 aliphatic heterocycles. The van der Waals surface area contributed by atoms with Crippen molar-refractivity contribution in [3.63, 3.8) is 0 Å². The molecule has 1 aliphatic carbocycles. The van der Waals surface area contributed by atoms with Gasteiger partial charge in [0.2, 0.25) is 0 Å². The molecule has 0 bridgehead atoms. The van der Waals surface area contributed by atoms with Crippen LogP contribution < -0.4 is 5.56 Å². The lowest BCUT2D eigenvalue weighted by atomic mass is 9.69. The molecule has 1 amide bonds. The second-order valence-corrected chi connectivity index (χ2v) is 10.2. The fourth-order valence-electron chi connectivity index (χ4n) is 5.24. The summed E-state index contributed by atoms with van der Waals surface area (Å²) in [5.41, 5.74) is -0.0236. The minimum atomic E-state index is -0.518. The van der Waals surface area contributed by atoms with Gasteiger partial charge in [0.1, 0.15) is 11.4 Å². The number of hydrogen-bond acceptors (Lipinski definition) is 4. The molecule has 2 heterocycles. The Morgan fingerprint density at radius 3 is 2.62 bits per heavy atom. The minimum absolute atomic E-state index is 0.00119. The molecular formula is C25H32FN3O3. The molecule has 7 heteroatoms. The summed E-state index contributed by atoms with van der Waals surface area (Å²) in [6.07, 6.45) is 6.47. The first-order valence-electron chi connectivity index (χ1n) is 11.5. The monoisotopic (exact) mass is 441 g/mol. The van der Waals surface area contributed by atoms with Gasteiger partial charge >= 0.3 is 6.09 Å². The third kappa shape index (κ3) is 4.71. The van der Waals surface area contributed by atoms with E-state index in [2.05, 4.69) is 4.98 Å². The maximum atomic E-state index is 14.1. The van der Waals surface area contributed by atoms with Gasteiger partial charge in [-0.25, -0.2) is 14.2 Å². The lowest BCUT2D eigenvalue weighted by Crippen LogP contribution is -2.52. The number of nitrogens with zero attached hydrogens (tertiary/aromatic N) is 3. The standard InChI is InChI=1S/C25H32FN3O3/c1-24(2,3)32-23(31)28-13-10-18(25(16-28)11-6-7-12-25)15-29-17-27-21(14-22(29)30)19-8-4-5-9-20(19)26/h4-5,8-9,14,17-18H,6-7,10-13,15-16H2,1-3H3. The molecular weight excluding hydrogens is 409 g/mol. The first-order valence-corrected chi connectivity index (χ1v) is 11.5. The van der Waals surface area contributed by atoms with Crippen LogP contribution in [0.5, 0.6) is 0 Å². The van der Waals surface area contributed by atoms with E-state index >= 15 is 0 Å². The summed E-state index contributed by atoms with van der Waals surface area (Å²) in [6, 6.07) is 7.75. The van der Waals surface area contributed by atoms with Crippen molar-refractivity contribution in [1.29, 1.82) is 0 Å². The Hall–Kier alpha value is -2.70. The molecule has 0 N–H and O–H groups in total. The lowest BCUT2D eigenvalue weighted by molar-refractivity contribution is -0.0156. The van der Waals surface area contributed by atoms with Crippen LogP contribution in [0.1, 0.15) is 52.9 Å². The predicted molar refractivity (Wildman–Crippen MR) is 121 cm³/mol. The van der Waals surface area contributed by atoms with Crippen molar-refractivity contribution in [2.45, 2.75) is 65.0 Å². The molecule has 32 heavy (non-hydrogen) atoms. The molecule has 1 spiro atoms. The van der Waals surface area contributed by atoms with Crippen LogP contribution in [0.2, 0.25) is 0 Å². The summed E-state index contributed by atoms with van der Waals surface area (Å²) in [5.74, 6) is -0.112. The quantitative estimate of drug-likeness (QED) is 0.682. The van der Waals surface area contributed by atoms with Gasteiger partial charge < -0.3 is 9.64 Å². The van der Waals surface area contributed by atoms with Crippen molar-refractivity contribution in [1.82, 2.24) is 14.5 Å². The molecule has 6 nitrogen and oxygen atoms in total. The minimum Gasteiger partial charge on any atom is -0.444 e. The number of hydrogen-bond donors (Lipinski definition) is 0. The average molecular weight is 442 g/mol. The Kier molecular flexibility index (Phi) is 6.10. The zero-order valence-corrected chi connectivity index (χ0v) is 19.1. The van der Waals surface area contributed by atoms with Crippen LogP contribution in [0.4, 0.5) is 9.18 Å². The number of carbonyl (C=O) groups excluding carboxylic acids is 1. The number of ether oxygens (including phenoxy) is 1. The van der Waals surface area contributed by atoms with Crippen molar-refractivity contribution in [3.05, 3.63) is 52.8 Å². The first kappa shape index (κ1) is 22.5. The van der Waals surface area contributed by atoms with Gasteiger partial charge in [-0.05, 0) is 63.5 Å². The highest BCUT2D eigenvalue weighted by molar-refractivity contribution is 5.68. The molecule has 1 unspecified atom stereocenters. The molecule has 4 rings (SSSR count). The van der Waals surface area contributed by atoms with E-state index in [0.717, 1.165) is 32.1 Å². The lowest BCUT2D eigenvalue weighted by Gasteiger charge is -2.46. The Balaban J connectivity index is 1.52. The molecule has 2 aliphatic rings. The van der Waals surface area contributed by atoms with E-state index in [1.54, 1.807) is 22.8 Å². The molecule has 2 aromatic rings. The van der Waals surface area contributed by atoms with E-state index in [0.29, 0.717) is 30.9 Å². The van der Waals surface area contributed by atoms with Crippen LogP contribution in [0, 0.1) is 17.2 Å². The number of aromatic nitrogens is 2. The summed E-state index contributed by atoms with van der Waals surface area (Å²) in [4.78, 5) is 31.7. The van der Waals surface area contributed by atoms with Crippen LogP contribution in [0.25, 0.3) is 11.3 Å². The number of piperidine rings is 1. The second kappa shape index (κ2) is 8.68. The SMILES string of the molecule is CC(C)(C)OC(=O)N1CCC(Cn2cnc(-c3ccccc3F)cc2=O)C2(CCCC2)C1. The Labute approximate surface area is 188 Å². The average Bonchev–Trinajstić information content (AvgIpc) is 3.19. The molecule has 1 aromatic heterocycles. The fourth-order valence-corrected chi connectivity index (χ4v) is 5.24. The largest absolute Gasteiger partial charge is 0.444 e. The number of carbonyl (C=O) groups is 1. The summed E-state index contributed by atoms with van der Waals surface area (Å²) in [7, 11) is 0. The number of benzene rings is 1. The molecule has 172 valence electrons. The van der Waals surface area contributed by atoms with E-state index in [9.17, 15) is 14.0 Å². The van der Waals surface area contributed by atoms with Gasteiger partial charge in [0.05, 0.1) is 12.0 Å². The number of halogens is 1. The van der Waals surface area contributed by atoms with Crippen LogP contribution in [0.15, 0.2) is 41.5 Å². The van der Waals surface area contributed by atoms with Gasteiger partial charge in [0.15, 0.2) is 0 Å². The smallest absolute Gasteiger partial charge is 0.410 e. The van der Waals surface area contributed by atoms with E-state index in [4.69, 9.17) is 4.74 Å². The summed E-state index contributed by atoms with van der Waals surface area (Å²) < 4.78 is 21.3. The highest BCUT2D eigenvalue weighted by Gasteiger charge is 2.46. The molecule has 1 aromatic carbocycles. The third-order valence-electron chi connectivity index (χ3n) is 6.82. The first-order chi connectivity index (χ1) is 15.2. The normalized spacial score (nSPS) is 20.5. The van der Waals surface area contributed by atoms with E-state index in [-0.39, 0.29) is 23.0 Å². The highest BCUT2D eigenvalue weighted by Crippen LogP contribution is 2.49. The molecule has 1 saturated carbocycles. The van der Waals surface area contributed by atoms with Gasteiger partial charge in [-0.15, -0.1) is 0 Å². The van der Waals surface area contributed by atoms with Crippen LogP contribution in [0.3, 0.4) is 0 Å². The second-order valence-electron chi connectivity index (χ2n) is 10.2. The van der Waals surface area contributed by atoms with Crippen LogP contribution >= 0.6 is 0 Å². The van der Waals surface area contributed by atoms with Crippen LogP contribution in [-0.4, -0.2) is 39.2 Å². The van der Waals surface area contributed by atoms with E-state index < -0.39 is 11.4 Å². The molecule has 1 saturated heterocycles. The summed E-state index contributed by atoms with van der Waals surface area (Å²) in [6.45, 7) is 7.50. The number of amides is 1. The summed E-state index contributed by atoms with van der Waals surface area (Å²) >= 11 is 0. The zero-order valence-electron chi connectivity index (χ0n) is 19.1. The molecule has 2 fully saturated rings. The Morgan fingerprint density at radius 1 is 1.25 bits per heavy atom. The van der Waals surface area contributed by atoms with Crippen molar-refractivity contribution in [3.8, 4) is 11.3 Å². The van der Waals surface area contributed by atoms with Gasteiger partial charge in [0.25, 0.3) is 5.56 Å². The number of likely N-dealkylation sites (tertiary alicyclic amines) is 1. The topological polar surface area (TPSA) is 64.4 Å². The van der Waals surface area contributed by atoms with Gasteiger partial charge in [-0.3, -0.25) is 9.36 Å². The van der Waals surface area contributed by atoms with Crippen molar-refractivity contribution in [2.24, 2.45) is 11.3 Å². The maximum Gasteiger partial charge on any atom is 0.410 e. The molecule has 0 radical (unpaired) electrons. The predicted octanol–water partition coefficient (Wildman–Crippen LogP) is 4.87. The fraction of sp³-hybridized carbons (Fsp3) is 0.560. The molecule has 1 atom stereocenters. The zero-order chi connectivity index (χ0) is 22.9. The maximum absolute atomic E-state index is 14.1.